The normalized spacial score (nSPS) is 22.8. The first-order valence-corrected chi connectivity index (χ1v) is 15.3. The molecule has 258 valence electrons. The number of ketones is 1. The molecule has 4 aliphatic heterocycles. The number of carbonyl (C=O) groups excluding carboxylic acids is 6. The van der Waals surface area contributed by atoms with Crippen LogP contribution in [0.25, 0.3) is 0 Å². The molecule has 3 atom stereocenters. The van der Waals surface area contributed by atoms with Crippen molar-refractivity contribution in [3.05, 3.63) is 36.5 Å². The molecule has 2 saturated heterocycles. The molecule has 3 fully saturated rings. The first-order chi connectivity index (χ1) is 21.8. The van der Waals surface area contributed by atoms with E-state index in [1.807, 2.05) is 6.92 Å². The molecule has 0 bridgehead atoms. The summed E-state index contributed by atoms with van der Waals surface area (Å²) in [4.78, 5) is 65.4. The van der Waals surface area contributed by atoms with Gasteiger partial charge in [0.15, 0.2) is 5.78 Å². The topological polar surface area (TPSA) is 158 Å². The highest BCUT2D eigenvalue weighted by atomic mass is 16.6. The molecule has 1 saturated carbocycles. The zero-order chi connectivity index (χ0) is 34.9. The molecule has 0 aromatic heterocycles. The Morgan fingerprint density at radius 3 is 1.78 bits per heavy atom. The second-order valence-corrected chi connectivity index (χ2v) is 11.4. The third-order valence-electron chi connectivity index (χ3n) is 7.77. The summed E-state index contributed by atoms with van der Waals surface area (Å²) in [6.07, 6.45) is 11.5. The van der Waals surface area contributed by atoms with E-state index >= 15 is 0 Å². The number of esters is 1. The van der Waals surface area contributed by atoms with Crippen molar-refractivity contribution in [2.45, 2.75) is 65.1 Å². The molecule has 1 aliphatic carbocycles. The lowest BCUT2D eigenvalue weighted by Gasteiger charge is -2.39. The zero-order valence-electron chi connectivity index (χ0n) is 28.2. The number of imide groups is 2. The van der Waals surface area contributed by atoms with Crippen LogP contribution in [0.4, 0.5) is 0 Å². The minimum absolute atomic E-state index is 0.153. The lowest BCUT2D eigenvalue weighted by molar-refractivity contribution is -0.149. The summed E-state index contributed by atoms with van der Waals surface area (Å²) in [7, 11) is 6.17. The van der Waals surface area contributed by atoms with Gasteiger partial charge >= 0.3 is 5.97 Å². The van der Waals surface area contributed by atoms with E-state index in [0.29, 0.717) is 29.6 Å². The van der Waals surface area contributed by atoms with Crippen molar-refractivity contribution in [1.29, 1.82) is 0 Å². The Kier molecular flexibility index (Phi) is 18.1. The number of methoxy groups -OCH3 is 3. The Morgan fingerprint density at radius 1 is 0.913 bits per heavy atom. The number of ether oxygens (including phenoxy) is 5. The highest BCUT2D eigenvalue weighted by Gasteiger charge is 2.43. The lowest BCUT2D eigenvalue weighted by Crippen LogP contribution is -2.45. The van der Waals surface area contributed by atoms with Crippen LogP contribution in [0.1, 0.15) is 52.9 Å². The first kappa shape index (κ1) is 40.5. The third kappa shape index (κ3) is 13.9. The monoisotopic (exact) mass is 650 g/mol. The molecule has 0 aromatic carbocycles. The van der Waals surface area contributed by atoms with Crippen LogP contribution in [0, 0.1) is 11.3 Å². The van der Waals surface area contributed by atoms with Crippen molar-refractivity contribution in [2.75, 3.05) is 61.3 Å². The summed E-state index contributed by atoms with van der Waals surface area (Å²) in [5.41, 5.74) is 1.02. The van der Waals surface area contributed by atoms with E-state index in [2.05, 4.69) is 18.2 Å². The summed E-state index contributed by atoms with van der Waals surface area (Å²) >= 11 is 0. The van der Waals surface area contributed by atoms with Gasteiger partial charge in [-0.2, -0.15) is 0 Å². The first-order valence-electron chi connectivity index (χ1n) is 15.3. The van der Waals surface area contributed by atoms with Crippen molar-refractivity contribution in [3.8, 4) is 0 Å². The maximum absolute atomic E-state index is 10.8. The van der Waals surface area contributed by atoms with E-state index in [-0.39, 0.29) is 24.1 Å². The van der Waals surface area contributed by atoms with E-state index < -0.39 is 17.8 Å². The Balaban J connectivity index is 0.000000291. The van der Waals surface area contributed by atoms with Gasteiger partial charge in [-0.25, -0.2) is 0 Å². The van der Waals surface area contributed by atoms with Gasteiger partial charge < -0.3 is 23.7 Å². The maximum Gasteiger partial charge on any atom is 0.325 e. The number of likely N-dealkylation sites (N-methyl/N-ethyl adjacent to an activating group) is 1. The van der Waals surface area contributed by atoms with Crippen LogP contribution in [0.15, 0.2) is 36.5 Å². The molecule has 0 radical (unpaired) electrons. The van der Waals surface area contributed by atoms with Gasteiger partial charge in [0.1, 0.15) is 6.54 Å². The van der Waals surface area contributed by atoms with Crippen LogP contribution >= 0.6 is 0 Å². The van der Waals surface area contributed by atoms with Crippen molar-refractivity contribution in [1.82, 2.24) is 9.80 Å². The van der Waals surface area contributed by atoms with Crippen molar-refractivity contribution >= 4 is 35.4 Å². The summed E-state index contributed by atoms with van der Waals surface area (Å²) < 4.78 is 24.9. The molecule has 4 amide bonds. The van der Waals surface area contributed by atoms with Crippen molar-refractivity contribution in [2.24, 2.45) is 11.3 Å². The second kappa shape index (κ2) is 20.6. The Bertz CT molecular complexity index is 1100. The number of nitrogens with zero attached hydrogens (tertiary/aromatic N) is 2. The van der Waals surface area contributed by atoms with E-state index in [4.69, 9.17) is 18.9 Å². The molecule has 0 N–H and O–H groups in total. The number of amides is 4. The predicted molar refractivity (Wildman–Crippen MR) is 168 cm³/mol. The van der Waals surface area contributed by atoms with Gasteiger partial charge in [-0.15, -0.1) is 0 Å². The molecular formula is C33H50N2O11. The quantitative estimate of drug-likeness (QED) is 0.156. The Hall–Kier alpha value is -3.52. The van der Waals surface area contributed by atoms with E-state index in [9.17, 15) is 28.8 Å². The highest BCUT2D eigenvalue weighted by Crippen LogP contribution is 2.39. The SMILES string of the molecule is C=C(C)C(=O)CC.CCC1(COC)COC1.CN1C(=O)C=CC1=O.COC(=O)CN1C(=O)C=CC1=O.COCC1CCC2OC2C1. The molecule has 13 heteroatoms. The number of rotatable bonds is 9. The van der Waals surface area contributed by atoms with Gasteiger partial charge in [-0.1, -0.05) is 20.4 Å². The van der Waals surface area contributed by atoms with Gasteiger partial charge in [-0.3, -0.25) is 38.6 Å². The predicted octanol–water partition coefficient (Wildman–Crippen LogP) is 2.43. The fraction of sp³-hybridized carbons (Fsp3) is 0.636. The fourth-order valence-electron chi connectivity index (χ4n) is 4.52. The molecule has 4 heterocycles. The summed E-state index contributed by atoms with van der Waals surface area (Å²) in [5.74, 6) is -1.13. The minimum Gasteiger partial charge on any atom is -0.468 e. The van der Waals surface area contributed by atoms with E-state index in [0.717, 1.165) is 54.3 Å². The summed E-state index contributed by atoms with van der Waals surface area (Å²) in [6, 6.07) is 0. The van der Waals surface area contributed by atoms with Crippen LogP contribution in [-0.2, 0) is 52.5 Å². The molecule has 46 heavy (non-hydrogen) atoms. The largest absolute Gasteiger partial charge is 0.468 e. The van der Waals surface area contributed by atoms with Crippen molar-refractivity contribution in [3.63, 3.8) is 0 Å². The number of Topliss-reactive ketones (excluding diaryl/α,β-unsaturated/α-hetero) is 1. The van der Waals surface area contributed by atoms with Gasteiger partial charge in [-0.05, 0) is 44.1 Å². The Morgan fingerprint density at radius 2 is 1.48 bits per heavy atom. The lowest BCUT2D eigenvalue weighted by atomic mass is 9.84. The number of epoxide rings is 1. The molecule has 13 nitrogen and oxygen atoms in total. The zero-order valence-corrected chi connectivity index (χ0v) is 28.2. The standard InChI is InChI=1S/C8H14O2.C7H7NO4.C7H14O2.C6H10O.C5H5NO2/c1-9-5-6-2-3-7-8(4-6)10-7;1-12-7(11)4-8-5(9)2-3-6(8)10;1-3-7(4-8-2)5-9-6-7;1-4-6(7)5(2)3;1-6-4(7)2-3-5(6)8/h6-8H,2-5H2,1H3;2-3H,4H2,1H3;3-6H2,1-2H3;2,4H2,1,3H3;2-3H,1H3. The number of hydrogen-bond donors (Lipinski definition) is 0. The maximum atomic E-state index is 10.8. The van der Waals surface area contributed by atoms with Crippen molar-refractivity contribution < 1.29 is 52.5 Å². The third-order valence-corrected chi connectivity index (χ3v) is 7.77. The fourth-order valence-corrected chi connectivity index (χ4v) is 4.52. The molecule has 0 spiro atoms. The molecule has 3 unspecified atom stereocenters. The van der Waals surface area contributed by atoms with Crippen LogP contribution in [0.3, 0.4) is 0 Å². The molecule has 5 rings (SSSR count). The number of fused-ring (bicyclic) bond motifs is 1. The smallest absolute Gasteiger partial charge is 0.325 e. The van der Waals surface area contributed by atoms with Gasteiger partial charge in [0.05, 0.1) is 39.1 Å². The molecule has 5 aliphatic rings. The summed E-state index contributed by atoms with van der Waals surface area (Å²) in [6.45, 7) is 12.4. The number of allylic oxidation sites excluding steroid dienone is 1. The van der Waals surface area contributed by atoms with Crippen LogP contribution < -0.4 is 0 Å². The van der Waals surface area contributed by atoms with Crippen LogP contribution in [0.5, 0.6) is 0 Å². The van der Waals surface area contributed by atoms with Gasteiger partial charge in [0.2, 0.25) is 0 Å². The van der Waals surface area contributed by atoms with Crippen LogP contribution in [0.2, 0.25) is 0 Å². The number of carbonyl (C=O) groups is 6. The molecular weight excluding hydrogens is 600 g/mol. The average molecular weight is 651 g/mol. The molecule has 0 aromatic rings. The van der Waals surface area contributed by atoms with E-state index in [1.165, 1.54) is 52.0 Å². The van der Waals surface area contributed by atoms with E-state index in [1.54, 1.807) is 21.1 Å². The minimum atomic E-state index is -0.611. The van der Waals surface area contributed by atoms with Gasteiger partial charge in [0.25, 0.3) is 23.6 Å². The Labute approximate surface area is 271 Å². The average Bonchev–Trinajstić information content (AvgIpc) is 3.67. The highest BCUT2D eigenvalue weighted by molar-refractivity contribution is 6.14. The second-order valence-electron chi connectivity index (χ2n) is 11.4. The number of hydrogen-bond acceptors (Lipinski definition) is 11. The summed E-state index contributed by atoms with van der Waals surface area (Å²) in [5, 5.41) is 0. The van der Waals surface area contributed by atoms with Crippen LogP contribution in [-0.4, -0.2) is 119 Å². The van der Waals surface area contributed by atoms with Gasteiger partial charge in [0, 0.05) is 64.0 Å².